The SMILES string of the molecule is CF.Nc1ccc(Oc2cc(C(F)F)cc(C(F)(F)F)c2)c(N)c1. The predicted octanol–water partition coefficient (Wildman–Crippen LogP) is 5.19. The lowest BCUT2D eigenvalue weighted by molar-refractivity contribution is -0.137. The third-order valence-electron chi connectivity index (χ3n) is 2.77. The van der Waals surface area contributed by atoms with E-state index in [-0.39, 0.29) is 17.2 Å². The maximum Gasteiger partial charge on any atom is 0.416 e. The number of rotatable bonds is 3. The highest BCUT2D eigenvalue weighted by atomic mass is 19.4. The topological polar surface area (TPSA) is 61.3 Å². The first-order valence-corrected chi connectivity index (χ1v) is 6.38. The summed E-state index contributed by atoms with van der Waals surface area (Å²) in [6.45, 7) is 0. The maximum absolute atomic E-state index is 12.7. The summed E-state index contributed by atoms with van der Waals surface area (Å²) in [7, 11) is 0.500. The number of hydrogen-bond acceptors (Lipinski definition) is 3. The average molecular weight is 352 g/mol. The molecule has 2 aromatic carbocycles. The molecule has 4 N–H and O–H groups in total. The van der Waals surface area contributed by atoms with Crippen LogP contribution in [0.15, 0.2) is 36.4 Å². The molecule has 0 radical (unpaired) electrons. The number of ether oxygens (including phenoxy) is 1. The highest BCUT2D eigenvalue weighted by Crippen LogP contribution is 2.37. The van der Waals surface area contributed by atoms with Gasteiger partial charge in [-0.25, -0.2) is 8.78 Å². The lowest BCUT2D eigenvalue weighted by atomic mass is 10.1. The van der Waals surface area contributed by atoms with Crippen LogP contribution in [-0.2, 0) is 6.18 Å². The number of alkyl halides is 6. The zero-order valence-corrected chi connectivity index (χ0v) is 12.4. The lowest BCUT2D eigenvalue weighted by Crippen LogP contribution is -2.06. The van der Waals surface area contributed by atoms with Crippen LogP contribution in [-0.4, -0.2) is 7.18 Å². The molecular formula is C15H14F6N2O. The van der Waals surface area contributed by atoms with E-state index in [1.807, 2.05) is 0 Å². The zero-order chi connectivity index (χ0) is 18.5. The third-order valence-corrected chi connectivity index (χ3v) is 2.77. The van der Waals surface area contributed by atoms with Crippen LogP contribution >= 0.6 is 0 Å². The molecule has 3 nitrogen and oxygen atoms in total. The monoisotopic (exact) mass is 352 g/mol. The number of hydrogen-bond donors (Lipinski definition) is 2. The van der Waals surface area contributed by atoms with Crippen molar-refractivity contribution < 1.29 is 31.1 Å². The molecule has 0 saturated heterocycles. The molecule has 0 spiro atoms. The number of halogens is 6. The summed E-state index contributed by atoms with van der Waals surface area (Å²) in [6, 6.07) is 5.94. The first-order valence-electron chi connectivity index (χ1n) is 6.38. The quantitative estimate of drug-likeness (QED) is 0.591. The summed E-state index contributed by atoms with van der Waals surface area (Å²) in [6.07, 6.45) is -7.83. The largest absolute Gasteiger partial charge is 0.455 e. The van der Waals surface area contributed by atoms with Gasteiger partial charge in [0.15, 0.2) is 0 Å². The molecule has 0 aliphatic rings. The molecule has 0 unspecified atom stereocenters. The van der Waals surface area contributed by atoms with E-state index in [4.69, 9.17) is 16.2 Å². The van der Waals surface area contributed by atoms with Crippen LogP contribution in [0.4, 0.5) is 37.7 Å². The van der Waals surface area contributed by atoms with Crippen molar-refractivity contribution in [2.45, 2.75) is 12.6 Å². The smallest absolute Gasteiger partial charge is 0.416 e. The maximum atomic E-state index is 12.7. The van der Waals surface area contributed by atoms with Crippen LogP contribution in [0, 0.1) is 0 Å². The first kappa shape index (κ1) is 19.5. The van der Waals surface area contributed by atoms with Crippen LogP contribution in [0.1, 0.15) is 17.6 Å². The molecule has 2 aromatic rings. The lowest BCUT2D eigenvalue weighted by Gasteiger charge is -2.14. The summed E-state index contributed by atoms with van der Waals surface area (Å²) in [5.41, 5.74) is 9.49. The Labute approximate surface area is 133 Å². The van der Waals surface area contributed by atoms with Gasteiger partial charge in [-0.1, -0.05) is 0 Å². The average Bonchev–Trinajstić information content (AvgIpc) is 2.51. The van der Waals surface area contributed by atoms with Gasteiger partial charge in [0.05, 0.1) is 18.4 Å². The van der Waals surface area contributed by atoms with Gasteiger partial charge in [-0.05, 0) is 36.4 Å². The molecule has 0 fully saturated rings. The van der Waals surface area contributed by atoms with E-state index in [0.29, 0.717) is 25.0 Å². The van der Waals surface area contributed by atoms with Gasteiger partial charge in [-0.2, -0.15) is 13.2 Å². The number of nitrogen functional groups attached to an aromatic ring is 2. The molecule has 2 rings (SSSR count). The molecule has 0 amide bonds. The minimum absolute atomic E-state index is 0.0220. The Balaban J connectivity index is 0.00000139. The van der Waals surface area contributed by atoms with Gasteiger partial charge in [0.2, 0.25) is 0 Å². The van der Waals surface area contributed by atoms with Gasteiger partial charge in [0.1, 0.15) is 11.5 Å². The molecule has 0 bridgehead atoms. The highest BCUT2D eigenvalue weighted by molar-refractivity contribution is 5.61. The Hall–Kier alpha value is -2.58. The highest BCUT2D eigenvalue weighted by Gasteiger charge is 2.32. The van der Waals surface area contributed by atoms with Crippen molar-refractivity contribution in [2.75, 3.05) is 18.6 Å². The molecule has 0 saturated carbocycles. The van der Waals surface area contributed by atoms with Gasteiger partial charge in [0.25, 0.3) is 6.43 Å². The van der Waals surface area contributed by atoms with E-state index in [1.54, 1.807) is 0 Å². The third kappa shape index (κ3) is 4.97. The number of benzene rings is 2. The second-order valence-corrected chi connectivity index (χ2v) is 4.49. The summed E-state index contributed by atoms with van der Waals surface area (Å²) < 4.78 is 78.3. The first-order chi connectivity index (χ1) is 11.2. The van der Waals surface area contributed by atoms with Gasteiger partial charge < -0.3 is 16.2 Å². The second kappa shape index (κ2) is 7.80. The molecule has 132 valence electrons. The molecular weight excluding hydrogens is 338 g/mol. The minimum atomic E-state index is -4.77. The van der Waals surface area contributed by atoms with Crippen molar-refractivity contribution in [3.8, 4) is 11.5 Å². The second-order valence-electron chi connectivity index (χ2n) is 4.49. The Morgan fingerprint density at radius 2 is 1.58 bits per heavy atom. The molecule has 9 heteroatoms. The van der Waals surface area contributed by atoms with Crippen LogP contribution in [0.2, 0.25) is 0 Å². The molecule has 0 aromatic heterocycles. The van der Waals surface area contributed by atoms with Crippen LogP contribution in [0.25, 0.3) is 0 Å². The number of anilines is 2. The Bertz CT molecular complexity index is 688. The standard InChI is InChI=1S/C14H11F5N2O.CH3F/c15-13(16)7-3-8(14(17,18)19)5-10(4-7)22-12-2-1-9(20)6-11(12)21;1-2/h1-6,13H,20-21H2;1H3. The zero-order valence-electron chi connectivity index (χ0n) is 12.4. The van der Waals surface area contributed by atoms with E-state index in [2.05, 4.69) is 0 Å². The van der Waals surface area contributed by atoms with E-state index >= 15 is 0 Å². The predicted molar refractivity (Wildman–Crippen MR) is 78.8 cm³/mol. The van der Waals surface area contributed by atoms with Crippen molar-refractivity contribution >= 4 is 11.4 Å². The fraction of sp³-hybridized carbons (Fsp3) is 0.200. The Morgan fingerprint density at radius 3 is 2.08 bits per heavy atom. The van der Waals surface area contributed by atoms with E-state index in [0.717, 1.165) is 6.07 Å². The molecule has 0 heterocycles. The van der Waals surface area contributed by atoms with Crippen LogP contribution < -0.4 is 16.2 Å². The van der Waals surface area contributed by atoms with Crippen LogP contribution in [0.5, 0.6) is 11.5 Å². The van der Waals surface area contributed by atoms with Crippen molar-refractivity contribution in [3.63, 3.8) is 0 Å². The summed E-state index contributed by atoms with van der Waals surface area (Å²) in [5, 5.41) is 0. The summed E-state index contributed by atoms with van der Waals surface area (Å²) in [5.74, 6) is -0.365. The van der Waals surface area contributed by atoms with E-state index in [9.17, 15) is 26.3 Å². The minimum Gasteiger partial charge on any atom is -0.455 e. The Morgan fingerprint density at radius 1 is 0.958 bits per heavy atom. The molecule has 0 aliphatic carbocycles. The van der Waals surface area contributed by atoms with Gasteiger partial charge in [-0.3, -0.25) is 4.39 Å². The summed E-state index contributed by atoms with van der Waals surface area (Å²) in [4.78, 5) is 0. The van der Waals surface area contributed by atoms with Gasteiger partial charge in [0, 0.05) is 11.3 Å². The molecule has 0 aliphatic heterocycles. The van der Waals surface area contributed by atoms with Gasteiger partial charge in [-0.15, -0.1) is 0 Å². The Kier molecular flexibility index (Phi) is 6.33. The van der Waals surface area contributed by atoms with Crippen LogP contribution in [0.3, 0.4) is 0 Å². The van der Waals surface area contributed by atoms with Crippen molar-refractivity contribution in [2.24, 2.45) is 0 Å². The van der Waals surface area contributed by atoms with Gasteiger partial charge >= 0.3 is 6.18 Å². The van der Waals surface area contributed by atoms with E-state index in [1.165, 1.54) is 18.2 Å². The normalized spacial score (nSPS) is 11.0. The fourth-order valence-corrected chi connectivity index (χ4v) is 1.76. The van der Waals surface area contributed by atoms with Crippen molar-refractivity contribution in [1.82, 2.24) is 0 Å². The van der Waals surface area contributed by atoms with E-state index < -0.39 is 23.7 Å². The number of nitrogens with two attached hydrogens (primary N) is 2. The van der Waals surface area contributed by atoms with Crippen molar-refractivity contribution in [1.29, 1.82) is 0 Å². The molecule has 0 atom stereocenters. The molecule has 24 heavy (non-hydrogen) atoms. The summed E-state index contributed by atoms with van der Waals surface area (Å²) >= 11 is 0. The van der Waals surface area contributed by atoms with Crippen molar-refractivity contribution in [3.05, 3.63) is 47.5 Å². The fourth-order valence-electron chi connectivity index (χ4n) is 1.76.